The summed E-state index contributed by atoms with van der Waals surface area (Å²) in [4.78, 5) is 13.1. The van der Waals surface area contributed by atoms with Gasteiger partial charge in [-0.15, -0.1) is 0 Å². The molecule has 1 aliphatic rings. The number of aldehydes is 1. The molecule has 0 aliphatic carbocycles. The number of rotatable bonds is 5. The maximum atomic E-state index is 10.6. The number of carbonyl (C=O) groups excluding carboxylic acids is 1. The molecule has 1 fully saturated rings. The van der Waals surface area contributed by atoms with Crippen molar-refractivity contribution in [1.29, 1.82) is 0 Å². The minimum absolute atomic E-state index is 0.703. The van der Waals surface area contributed by atoms with Crippen molar-refractivity contribution in [2.45, 2.75) is 6.54 Å². The molecule has 3 rings (SSSR count). The second-order valence-corrected chi connectivity index (χ2v) is 5.75. The lowest BCUT2D eigenvalue weighted by molar-refractivity contribution is 0.0342. The van der Waals surface area contributed by atoms with Crippen molar-refractivity contribution in [2.24, 2.45) is 0 Å². The highest BCUT2D eigenvalue weighted by molar-refractivity contribution is 5.76. The number of hydrogen-bond acceptors (Lipinski definition) is 3. The first kappa shape index (κ1) is 15.7. The van der Waals surface area contributed by atoms with Crippen LogP contribution in [0, 0.1) is 0 Å². The lowest BCUT2D eigenvalue weighted by Crippen LogP contribution is -2.35. The maximum absolute atomic E-state index is 10.6. The molecule has 118 valence electrons. The minimum Gasteiger partial charge on any atom is -0.379 e. The molecule has 2 aromatic rings. The Morgan fingerprint density at radius 2 is 1.35 bits per heavy atom. The predicted octanol–water partition coefficient (Wildman–Crippen LogP) is 3.50. The van der Waals surface area contributed by atoms with Crippen molar-refractivity contribution < 1.29 is 9.53 Å². The van der Waals surface area contributed by atoms with E-state index in [9.17, 15) is 4.79 Å². The van der Waals surface area contributed by atoms with Crippen molar-refractivity contribution in [3.63, 3.8) is 0 Å². The molecule has 0 spiro atoms. The summed E-state index contributed by atoms with van der Waals surface area (Å²) >= 11 is 0. The van der Waals surface area contributed by atoms with E-state index in [4.69, 9.17) is 4.74 Å². The average molecular weight is 307 g/mol. The first-order valence-corrected chi connectivity index (χ1v) is 7.96. The number of benzene rings is 2. The van der Waals surface area contributed by atoms with Gasteiger partial charge in [0.15, 0.2) is 0 Å². The van der Waals surface area contributed by atoms with E-state index in [-0.39, 0.29) is 0 Å². The predicted molar refractivity (Wildman–Crippen MR) is 93.3 cm³/mol. The van der Waals surface area contributed by atoms with Gasteiger partial charge >= 0.3 is 0 Å². The fourth-order valence-electron chi connectivity index (χ4n) is 2.63. The molecule has 0 amide bonds. The van der Waals surface area contributed by atoms with Crippen LogP contribution < -0.4 is 0 Å². The summed E-state index contributed by atoms with van der Waals surface area (Å²) in [6.07, 6.45) is 5.01. The highest BCUT2D eigenvalue weighted by atomic mass is 16.5. The normalized spacial score (nSPS) is 15.8. The molecule has 0 N–H and O–H groups in total. The SMILES string of the molecule is O=Cc1ccc(/C=C/c2ccc(CN3CCOCC3)cc2)cc1. The van der Waals surface area contributed by atoms with E-state index in [0.717, 1.165) is 44.7 Å². The molecule has 1 aliphatic heterocycles. The van der Waals surface area contributed by atoms with Crippen LogP contribution >= 0.6 is 0 Å². The lowest BCUT2D eigenvalue weighted by atomic mass is 10.1. The molecule has 1 heterocycles. The van der Waals surface area contributed by atoms with Gasteiger partial charge in [0.25, 0.3) is 0 Å². The molecule has 0 atom stereocenters. The van der Waals surface area contributed by atoms with Crippen molar-refractivity contribution >= 4 is 18.4 Å². The average Bonchev–Trinajstić information content (AvgIpc) is 2.62. The first-order chi connectivity index (χ1) is 11.3. The van der Waals surface area contributed by atoms with Crippen LogP contribution in [-0.2, 0) is 11.3 Å². The second-order valence-electron chi connectivity index (χ2n) is 5.75. The van der Waals surface area contributed by atoms with Crippen LogP contribution in [0.4, 0.5) is 0 Å². The van der Waals surface area contributed by atoms with Crippen LogP contribution in [0.15, 0.2) is 48.5 Å². The summed E-state index contributed by atoms with van der Waals surface area (Å²) in [5.41, 5.74) is 4.30. The Labute approximate surface area is 137 Å². The Morgan fingerprint density at radius 1 is 0.826 bits per heavy atom. The Balaban J connectivity index is 1.59. The molecule has 0 radical (unpaired) electrons. The fraction of sp³-hybridized carbons (Fsp3) is 0.250. The van der Waals surface area contributed by atoms with Crippen LogP contribution in [0.25, 0.3) is 12.2 Å². The van der Waals surface area contributed by atoms with E-state index >= 15 is 0 Å². The van der Waals surface area contributed by atoms with Gasteiger partial charge in [-0.05, 0) is 16.7 Å². The van der Waals surface area contributed by atoms with Crippen molar-refractivity contribution in [2.75, 3.05) is 26.3 Å². The highest BCUT2D eigenvalue weighted by Crippen LogP contribution is 2.12. The number of morpholine rings is 1. The number of hydrogen-bond donors (Lipinski definition) is 0. The van der Waals surface area contributed by atoms with Crippen LogP contribution in [0.3, 0.4) is 0 Å². The Morgan fingerprint density at radius 3 is 1.91 bits per heavy atom. The number of ether oxygens (including phenoxy) is 1. The topological polar surface area (TPSA) is 29.5 Å². The third kappa shape index (κ3) is 4.62. The van der Waals surface area contributed by atoms with E-state index in [1.54, 1.807) is 0 Å². The summed E-state index contributed by atoms with van der Waals surface area (Å²) in [6, 6.07) is 16.2. The summed E-state index contributed by atoms with van der Waals surface area (Å²) < 4.78 is 5.37. The molecular formula is C20H21NO2. The molecule has 3 nitrogen and oxygen atoms in total. The third-order valence-electron chi connectivity index (χ3n) is 4.03. The molecule has 3 heteroatoms. The summed E-state index contributed by atoms with van der Waals surface area (Å²) in [6.45, 7) is 4.69. The standard InChI is InChI=1S/C20H21NO2/c22-16-20-9-5-18(6-10-20)2-1-17-3-7-19(8-4-17)15-21-11-13-23-14-12-21/h1-10,16H,11-15H2/b2-1+. The number of nitrogens with zero attached hydrogens (tertiary/aromatic N) is 1. The Kier molecular flexibility index (Phi) is 5.35. The molecule has 23 heavy (non-hydrogen) atoms. The smallest absolute Gasteiger partial charge is 0.150 e. The zero-order valence-electron chi connectivity index (χ0n) is 13.2. The van der Waals surface area contributed by atoms with Crippen LogP contribution in [-0.4, -0.2) is 37.5 Å². The van der Waals surface area contributed by atoms with E-state index in [2.05, 4.69) is 41.3 Å². The maximum Gasteiger partial charge on any atom is 0.150 e. The van der Waals surface area contributed by atoms with Gasteiger partial charge in [-0.2, -0.15) is 0 Å². The van der Waals surface area contributed by atoms with E-state index < -0.39 is 0 Å². The van der Waals surface area contributed by atoms with Gasteiger partial charge in [0.1, 0.15) is 6.29 Å². The van der Waals surface area contributed by atoms with Gasteiger partial charge in [0.05, 0.1) is 13.2 Å². The third-order valence-corrected chi connectivity index (χ3v) is 4.03. The van der Waals surface area contributed by atoms with Gasteiger partial charge in [0, 0.05) is 25.2 Å². The van der Waals surface area contributed by atoms with Crippen molar-refractivity contribution in [3.8, 4) is 0 Å². The van der Waals surface area contributed by atoms with Gasteiger partial charge in [-0.1, -0.05) is 60.7 Å². The Hall–Kier alpha value is -2.23. The zero-order chi connectivity index (χ0) is 15.9. The van der Waals surface area contributed by atoms with Gasteiger partial charge in [-0.3, -0.25) is 9.69 Å². The zero-order valence-corrected chi connectivity index (χ0v) is 13.2. The molecule has 0 saturated carbocycles. The van der Waals surface area contributed by atoms with Gasteiger partial charge in [0.2, 0.25) is 0 Å². The first-order valence-electron chi connectivity index (χ1n) is 7.96. The quantitative estimate of drug-likeness (QED) is 0.625. The van der Waals surface area contributed by atoms with Crippen LogP contribution in [0.5, 0.6) is 0 Å². The lowest BCUT2D eigenvalue weighted by Gasteiger charge is -2.26. The van der Waals surface area contributed by atoms with Gasteiger partial charge < -0.3 is 4.74 Å². The number of carbonyl (C=O) groups is 1. The molecule has 1 saturated heterocycles. The molecule has 0 unspecified atom stereocenters. The van der Waals surface area contributed by atoms with Crippen molar-refractivity contribution in [1.82, 2.24) is 4.90 Å². The summed E-state index contributed by atoms with van der Waals surface area (Å²) in [5.74, 6) is 0. The van der Waals surface area contributed by atoms with Crippen molar-refractivity contribution in [3.05, 3.63) is 70.8 Å². The molecule has 0 bridgehead atoms. The molecule has 2 aromatic carbocycles. The monoisotopic (exact) mass is 307 g/mol. The summed E-state index contributed by atoms with van der Waals surface area (Å²) in [7, 11) is 0. The minimum atomic E-state index is 0.703. The van der Waals surface area contributed by atoms with Crippen LogP contribution in [0.2, 0.25) is 0 Å². The van der Waals surface area contributed by atoms with E-state index in [1.165, 1.54) is 11.1 Å². The van der Waals surface area contributed by atoms with Crippen LogP contribution in [0.1, 0.15) is 27.0 Å². The second kappa shape index (κ2) is 7.86. The van der Waals surface area contributed by atoms with E-state index in [1.807, 2.05) is 24.3 Å². The highest BCUT2D eigenvalue weighted by Gasteiger charge is 2.10. The largest absolute Gasteiger partial charge is 0.379 e. The van der Waals surface area contributed by atoms with E-state index in [0.29, 0.717) is 5.56 Å². The molecule has 0 aromatic heterocycles. The molecular weight excluding hydrogens is 286 g/mol. The fourth-order valence-corrected chi connectivity index (χ4v) is 2.63. The Bertz CT molecular complexity index is 653. The summed E-state index contributed by atoms with van der Waals surface area (Å²) in [5, 5.41) is 0. The van der Waals surface area contributed by atoms with Gasteiger partial charge in [-0.25, -0.2) is 0 Å².